The van der Waals surface area contributed by atoms with E-state index in [2.05, 4.69) is 6.07 Å². The van der Waals surface area contributed by atoms with Gasteiger partial charge in [-0.05, 0) is 56.0 Å². The van der Waals surface area contributed by atoms with Crippen molar-refractivity contribution >= 4 is 11.6 Å². The Morgan fingerprint density at radius 1 is 0.947 bits per heavy atom. The number of aliphatic hydroxyl groups is 1. The minimum atomic E-state index is -1.03. The monoisotopic (exact) mass is 274 g/mol. The van der Waals surface area contributed by atoms with Crippen LogP contribution in [0.5, 0.6) is 0 Å². The number of aryl methyl sites for hydroxylation is 3. The van der Waals surface area contributed by atoms with E-state index in [0.29, 0.717) is 5.02 Å². The highest BCUT2D eigenvalue weighted by Crippen LogP contribution is 2.33. The van der Waals surface area contributed by atoms with Crippen LogP contribution in [0.15, 0.2) is 36.4 Å². The molecule has 0 aliphatic carbocycles. The average molecular weight is 275 g/mol. The van der Waals surface area contributed by atoms with Crippen molar-refractivity contribution < 1.29 is 5.11 Å². The third-order valence-electron chi connectivity index (χ3n) is 3.65. The molecular formula is C17H19ClO. The lowest BCUT2D eigenvalue weighted by atomic mass is 9.84. The van der Waals surface area contributed by atoms with Gasteiger partial charge in [0.25, 0.3) is 0 Å². The molecule has 0 spiro atoms. The summed E-state index contributed by atoms with van der Waals surface area (Å²) >= 11 is 6.17. The molecule has 2 aromatic rings. The van der Waals surface area contributed by atoms with E-state index in [-0.39, 0.29) is 0 Å². The molecule has 1 nitrogen and oxygen atoms in total. The molecule has 0 radical (unpaired) electrons. The molecule has 0 saturated heterocycles. The van der Waals surface area contributed by atoms with Gasteiger partial charge < -0.3 is 5.11 Å². The van der Waals surface area contributed by atoms with Crippen molar-refractivity contribution in [3.8, 4) is 0 Å². The molecule has 1 N–H and O–H groups in total. The molecule has 0 saturated carbocycles. The van der Waals surface area contributed by atoms with Gasteiger partial charge in [0.1, 0.15) is 5.60 Å². The Hall–Kier alpha value is -1.31. The topological polar surface area (TPSA) is 20.2 Å². The first-order chi connectivity index (χ1) is 8.82. The fourth-order valence-corrected chi connectivity index (χ4v) is 2.49. The van der Waals surface area contributed by atoms with E-state index < -0.39 is 5.60 Å². The number of rotatable bonds is 2. The SMILES string of the molecule is Cc1ccc(C)c(C(C)(O)c2ccc(C)c(Cl)c2)c1. The van der Waals surface area contributed by atoms with Crippen LogP contribution < -0.4 is 0 Å². The predicted molar refractivity (Wildman–Crippen MR) is 80.8 cm³/mol. The molecule has 2 aromatic carbocycles. The highest BCUT2D eigenvalue weighted by Gasteiger charge is 2.27. The summed E-state index contributed by atoms with van der Waals surface area (Å²) in [4.78, 5) is 0. The predicted octanol–water partition coefficient (Wildman–Crippen LogP) is 4.52. The first kappa shape index (κ1) is 14.1. The van der Waals surface area contributed by atoms with Crippen molar-refractivity contribution in [2.45, 2.75) is 33.3 Å². The Morgan fingerprint density at radius 3 is 2.21 bits per heavy atom. The van der Waals surface area contributed by atoms with Gasteiger partial charge in [0.05, 0.1) is 0 Å². The molecule has 1 unspecified atom stereocenters. The van der Waals surface area contributed by atoms with Gasteiger partial charge in [-0.3, -0.25) is 0 Å². The summed E-state index contributed by atoms with van der Waals surface area (Å²) in [6.45, 7) is 7.81. The molecular weight excluding hydrogens is 256 g/mol. The Balaban J connectivity index is 2.57. The number of halogens is 1. The van der Waals surface area contributed by atoms with Gasteiger partial charge in [0, 0.05) is 5.02 Å². The van der Waals surface area contributed by atoms with Crippen LogP contribution in [0.3, 0.4) is 0 Å². The molecule has 0 bridgehead atoms. The number of hydrogen-bond acceptors (Lipinski definition) is 1. The smallest absolute Gasteiger partial charge is 0.112 e. The first-order valence-corrected chi connectivity index (χ1v) is 6.77. The molecule has 2 rings (SSSR count). The Bertz CT molecular complexity index is 615. The quantitative estimate of drug-likeness (QED) is 0.854. The maximum atomic E-state index is 10.9. The molecule has 0 amide bonds. The molecule has 0 aliphatic heterocycles. The van der Waals surface area contributed by atoms with Crippen LogP contribution in [-0.4, -0.2) is 5.11 Å². The largest absolute Gasteiger partial charge is 0.381 e. The lowest BCUT2D eigenvalue weighted by molar-refractivity contribution is 0.101. The lowest BCUT2D eigenvalue weighted by Gasteiger charge is -2.27. The van der Waals surface area contributed by atoms with Crippen molar-refractivity contribution in [1.29, 1.82) is 0 Å². The summed E-state index contributed by atoms with van der Waals surface area (Å²) in [5.41, 5.74) is 3.94. The molecule has 0 aliphatic rings. The third-order valence-corrected chi connectivity index (χ3v) is 4.06. The van der Waals surface area contributed by atoms with E-state index in [1.165, 1.54) is 0 Å². The van der Waals surface area contributed by atoms with Crippen LogP contribution in [0, 0.1) is 20.8 Å². The molecule has 0 aromatic heterocycles. The van der Waals surface area contributed by atoms with Gasteiger partial charge in [-0.1, -0.05) is 47.5 Å². The van der Waals surface area contributed by atoms with E-state index in [1.807, 2.05) is 58.0 Å². The van der Waals surface area contributed by atoms with Gasteiger partial charge in [0.15, 0.2) is 0 Å². The summed E-state index contributed by atoms with van der Waals surface area (Å²) in [6.07, 6.45) is 0. The molecule has 100 valence electrons. The number of benzene rings is 2. The van der Waals surface area contributed by atoms with Gasteiger partial charge in [0.2, 0.25) is 0 Å². The van der Waals surface area contributed by atoms with Crippen molar-refractivity contribution in [1.82, 2.24) is 0 Å². The Kier molecular flexibility index (Phi) is 3.71. The fraction of sp³-hybridized carbons (Fsp3) is 0.294. The van der Waals surface area contributed by atoms with E-state index in [9.17, 15) is 5.11 Å². The minimum absolute atomic E-state index is 0.683. The van der Waals surface area contributed by atoms with Gasteiger partial charge in [-0.15, -0.1) is 0 Å². The van der Waals surface area contributed by atoms with Crippen molar-refractivity contribution in [2.75, 3.05) is 0 Å². The standard InChI is InChI=1S/C17H19ClO/c1-11-5-6-12(2)15(9-11)17(4,19)14-8-7-13(3)16(18)10-14/h5-10,19H,1-4H3. The molecule has 19 heavy (non-hydrogen) atoms. The zero-order valence-electron chi connectivity index (χ0n) is 11.8. The van der Waals surface area contributed by atoms with Crippen molar-refractivity contribution in [3.05, 3.63) is 69.2 Å². The average Bonchev–Trinajstić information content (AvgIpc) is 2.35. The summed E-state index contributed by atoms with van der Waals surface area (Å²) in [7, 11) is 0. The second kappa shape index (κ2) is 4.99. The van der Waals surface area contributed by atoms with Crippen LogP contribution in [0.4, 0.5) is 0 Å². The van der Waals surface area contributed by atoms with Crippen LogP contribution in [0.25, 0.3) is 0 Å². The van der Waals surface area contributed by atoms with E-state index in [0.717, 1.165) is 27.8 Å². The van der Waals surface area contributed by atoms with E-state index >= 15 is 0 Å². The van der Waals surface area contributed by atoms with Crippen LogP contribution in [0.1, 0.15) is 34.7 Å². The maximum Gasteiger partial charge on any atom is 0.112 e. The van der Waals surface area contributed by atoms with E-state index in [1.54, 1.807) is 0 Å². The second-order valence-corrected chi connectivity index (χ2v) is 5.76. The zero-order chi connectivity index (χ0) is 14.2. The third kappa shape index (κ3) is 2.68. The summed E-state index contributed by atoms with van der Waals surface area (Å²) in [5.74, 6) is 0. The van der Waals surface area contributed by atoms with Crippen molar-refractivity contribution in [3.63, 3.8) is 0 Å². The lowest BCUT2D eigenvalue weighted by Crippen LogP contribution is -2.24. The Labute approximate surface area is 119 Å². The Morgan fingerprint density at radius 2 is 1.58 bits per heavy atom. The summed E-state index contributed by atoms with van der Waals surface area (Å²) in [5, 5.41) is 11.6. The highest BCUT2D eigenvalue weighted by molar-refractivity contribution is 6.31. The molecule has 1 atom stereocenters. The molecule has 0 fully saturated rings. The van der Waals surface area contributed by atoms with Gasteiger partial charge >= 0.3 is 0 Å². The fourth-order valence-electron chi connectivity index (χ4n) is 2.31. The second-order valence-electron chi connectivity index (χ2n) is 5.35. The van der Waals surface area contributed by atoms with Crippen LogP contribution >= 0.6 is 11.6 Å². The molecule has 2 heteroatoms. The summed E-state index contributed by atoms with van der Waals surface area (Å²) < 4.78 is 0. The summed E-state index contributed by atoms with van der Waals surface area (Å²) in [6, 6.07) is 11.8. The van der Waals surface area contributed by atoms with Gasteiger partial charge in [-0.2, -0.15) is 0 Å². The van der Waals surface area contributed by atoms with Crippen molar-refractivity contribution in [2.24, 2.45) is 0 Å². The van der Waals surface area contributed by atoms with Gasteiger partial charge in [-0.25, -0.2) is 0 Å². The highest BCUT2D eigenvalue weighted by atomic mass is 35.5. The number of hydrogen-bond donors (Lipinski definition) is 1. The van der Waals surface area contributed by atoms with Crippen LogP contribution in [-0.2, 0) is 5.60 Å². The minimum Gasteiger partial charge on any atom is -0.381 e. The maximum absolute atomic E-state index is 10.9. The van der Waals surface area contributed by atoms with Crippen LogP contribution in [0.2, 0.25) is 5.02 Å². The van der Waals surface area contributed by atoms with E-state index in [4.69, 9.17) is 11.6 Å². The zero-order valence-corrected chi connectivity index (χ0v) is 12.5. The normalized spacial score (nSPS) is 14.2. The first-order valence-electron chi connectivity index (χ1n) is 6.39. The molecule has 0 heterocycles.